The minimum absolute atomic E-state index is 0.0225. The molecule has 0 saturated carbocycles. The number of alkyl halides is 3. The second-order valence-corrected chi connectivity index (χ2v) is 5.42. The van der Waals surface area contributed by atoms with Gasteiger partial charge in [0.15, 0.2) is 5.76 Å². The summed E-state index contributed by atoms with van der Waals surface area (Å²) < 4.78 is 42.3. The Bertz CT molecular complexity index is 969. The van der Waals surface area contributed by atoms with Crippen molar-refractivity contribution in [2.75, 3.05) is 5.32 Å². The number of carbonyl (C=O) groups is 2. The van der Waals surface area contributed by atoms with Gasteiger partial charge in [-0.2, -0.15) is 13.2 Å². The van der Waals surface area contributed by atoms with Crippen molar-refractivity contribution < 1.29 is 27.2 Å². The molecule has 0 spiro atoms. The van der Waals surface area contributed by atoms with Crippen LogP contribution in [0.4, 0.5) is 18.9 Å². The Morgan fingerprint density at radius 1 is 1.00 bits per heavy atom. The first-order valence-corrected chi connectivity index (χ1v) is 7.52. The normalized spacial score (nSPS) is 11.8. The van der Waals surface area contributed by atoms with E-state index in [9.17, 15) is 22.8 Å². The zero-order chi connectivity index (χ0) is 18.7. The number of carbonyl (C=O) groups excluding carboxylic acids is 2. The summed E-state index contributed by atoms with van der Waals surface area (Å²) in [5.74, 6) is -2.29. The molecule has 3 rings (SSSR count). The van der Waals surface area contributed by atoms with Crippen LogP contribution in [0, 0.1) is 0 Å². The molecule has 7 heteroatoms. The van der Waals surface area contributed by atoms with Gasteiger partial charge >= 0.3 is 12.1 Å². The van der Waals surface area contributed by atoms with Crippen LogP contribution in [0.5, 0.6) is 0 Å². The third kappa shape index (κ3) is 4.00. The fraction of sp³-hybridized carbons (Fsp3) is 0.0526. The number of para-hydroxylation sites is 1. The van der Waals surface area contributed by atoms with Gasteiger partial charge in [0.2, 0.25) is 5.78 Å². The Kier molecular flexibility index (Phi) is 4.62. The van der Waals surface area contributed by atoms with Crippen LogP contribution in [0.3, 0.4) is 0 Å². The number of fused-ring (bicyclic) bond motifs is 1. The first-order valence-electron chi connectivity index (χ1n) is 7.52. The monoisotopic (exact) mass is 359 g/mol. The van der Waals surface area contributed by atoms with Gasteiger partial charge in [0.25, 0.3) is 0 Å². The molecular weight excluding hydrogens is 347 g/mol. The number of furan rings is 1. The molecule has 1 heterocycles. The predicted octanol–water partition coefficient (Wildman–Crippen LogP) is 4.83. The van der Waals surface area contributed by atoms with E-state index in [0.717, 1.165) is 5.39 Å². The quantitative estimate of drug-likeness (QED) is 0.536. The summed E-state index contributed by atoms with van der Waals surface area (Å²) in [7, 11) is 0. The summed E-state index contributed by atoms with van der Waals surface area (Å²) in [6, 6.07) is 14.5. The number of amides is 1. The summed E-state index contributed by atoms with van der Waals surface area (Å²) in [5.41, 5.74) is 1.02. The maximum absolute atomic E-state index is 12.3. The molecule has 0 atom stereocenters. The summed E-state index contributed by atoms with van der Waals surface area (Å²) in [6.07, 6.45) is -2.29. The van der Waals surface area contributed by atoms with E-state index < -0.39 is 12.1 Å². The smallest absolute Gasteiger partial charge is 0.453 e. The summed E-state index contributed by atoms with van der Waals surface area (Å²) in [6.45, 7) is 0. The second-order valence-electron chi connectivity index (χ2n) is 5.42. The van der Waals surface area contributed by atoms with Crippen LogP contribution in [0.1, 0.15) is 16.1 Å². The number of allylic oxidation sites excluding steroid dienone is 1. The number of hydrogen-bond donors (Lipinski definition) is 1. The van der Waals surface area contributed by atoms with Crippen LogP contribution in [-0.4, -0.2) is 17.9 Å². The molecule has 0 aliphatic rings. The average molecular weight is 359 g/mol. The summed E-state index contributed by atoms with van der Waals surface area (Å²) >= 11 is 0. The molecule has 0 unspecified atom stereocenters. The van der Waals surface area contributed by atoms with Gasteiger partial charge in [-0.05, 0) is 35.9 Å². The molecule has 0 bridgehead atoms. The standard InChI is InChI=1S/C19H12F3NO3/c20-19(21,22)18(25)23-14-6-3-4-12(10-14)8-9-15(24)17-11-13-5-1-2-7-16(13)26-17/h1-11H,(H,23,25). The van der Waals surface area contributed by atoms with Crippen LogP contribution < -0.4 is 5.32 Å². The lowest BCUT2D eigenvalue weighted by Crippen LogP contribution is -2.29. The number of halogens is 3. The molecule has 1 N–H and O–H groups in total. The number of nitrogens with one attached hydrogen (secondary N) is 1. The molecule has 1 aromatic heterocycles. The van der Waals surface area contributed by atoms with Crippen molar-refractivity contribution in [2.24, 2.45) is 0 Å². The second kappa shape index (κ2) is 6.87. The molecule has 26 heavy (non-hydrogen) atoms. The van der Waals surface area contributed by atoms with Crippen LogP contribution in [0.25, 0.3) is 17.0 Å². The first kappa shape index (κ1) is 17.5. The minimum atomic E-state index is -4.97. The molecule has 0 saturated heterocycles. The van der Waals surface area contributed by atoms with Crippen molar-refractivity contribution in [3.8, 4) is 0 Å². The van der Waals surface area contributed by atoms with E-state index in [4.69, 9.17) is 4.42 Å². The summed E-state index contributed by atoms with van der Waals surface area (Å²) in [5, 5.41) is 2.55. The lowest BCUT2D eigenvalue weighted by Gasteiger charge is -2.08. The molecule has 0 fully saturated rings. The predicted molar refractivity (Wildman–Crippen MR) is 90.7 cm³/mol. The molecule has 0 radical (unpaired) electrons. The highest BCUT2D eigenvalue weighted by Crippen LogP contribution is 2.21. The van der Waals surface area contributed by atoms with E-state index in [1.807, 2.05) is 12.1 Å². The van der Waals surface area contributed by atoms with Gasteiger partial charge in [-0.15, -0.1) is 0 Å². The maximum atomic E-state index is 12.3. The lowest BCUT2D eigenvalue weighted by molar-refractivity contribution is -0.167. The van der Waals surface area contributed by atoms with Gasteiger partial charge in [0.1, 0.15) is 5.58 Å². The van der Waals surface area contributed by atoms with E-state index in [2.05, 4.69) is 0 Å². The third-order valence-electron chi connectivity index (χ3n) is 3.50. The van der Waals surface area contributed by atoms with E-state index >= 15 is 0 Å². The van der Waals surface area contributed by atoms with Crippen LogP contribution in [0.15, 0.2) is 65.1 Å². The van der Waals surface area contributed by atoms with E-state index in [1.165, 1.54) is 30.4 Å². The van der Waals surface area contributed by atoms with Gasteiger partial charge < -0.3 is 9.73 Å². The molecule has 132 valence electrons. The zero-order valence-electron chi connectivity index (χ0n) is 13.2. The van der Waals surface area contributed by atoms with Crippen molar-refractivity contribution in [1.29, 1.82) is 0 Å². The van der Waals surface area contributed by atoms with Crippen molar-refractivity contribution >= 4 is 34.4 Å². The molecule has 4 nitrogen and oxygen atoms in total. The van der Waals surface area contributed by atoms with Crippen LogP contribution >= 0.6 is 0 Å². The highest BCUT2D eigenvalue weighted by molar-refractivity contribution is 6.07. The Hall–Kier alpha value is -3.35. The largest absolute Gasteiger partial charge is 0.471 e. The Labute approximate surface area is 145 Å². The lowest BCUT2D eigenvalue weighted by atomic mass is 10.1. The maximum Gasteiger partial charge on any atom is 0.471 e. The molecule has 3 aromatic rings. The fourth-order valence-corrected chi connectivity index (χ4v) is 2.28. The van der Waals surface area contributed by atoms with Crippen molar-refractivity contribution in [1.82, 2.24) is 0 Å². The van der Waals surface area contributed by atoms with Crippen molar-refractivity contribution in [3.63, 3.8) is 0 Å². The summed E-state index contributed by atoms with van der Waals surface area (Å²) in [4.78, 5) is 23.1. The number of hydrogen-bond acceptors (Lipinski definition) is 3. The first-order chi connectivity index (χ1) is 12.3. The highest BCUT2D eigenvalue weighted by atomic mass is 19.4. The van der Waals surface area contributed by atoms with Gasteiger partial charge in [0, 0.05) is 11.1 Å². The van der Waals surface area contributed by atoms with Crippen LogP contribution in [-0.2, 0) is 4.79 Å². The zero-order valence-corrected chi connectivity index (χ0v) is 13.2. The Morgan fingerprint density at radius 3 is 2.50 bits per heavy atom. The van der Waals surface area contributed by atoms with Gasteiger partial charge in [-0.25, -0.2) is 0 Å². The number of benzene rings is 2. The molecule has 1 amide bonds. The Balaban J connectivity index is 1.74. The SMILES string of the molecule is O=C(C=Cc1cccc(NC(=O)C(F)(F)F)c1)c1cc2ccccc2o1. The molecule has 0 aliphatic carbocycles. The highest BCUT2D eigenvalue weighted by Gasteiger charge is 2.38. The van der Waals surface area contributed by atoms with Gasteiger partial charge in [-0.3, -0.25) is 9.59 Å². The van der Waals surface area contributed by atoms with Crippen LogP contribution in [0.2, 0.25) is 0 Å². The molecule has 2 aromatic carbocycles. The number of anilines is 1. The topological polar surface area (TPSA) is 59.3 Å². The number of rotatable bonds is 4. The molecule has 0 aliphatic heterocycles. The average Bonchev–Trinajstić information content (AvgIpc) is 3.03. The third-order valence-corrected chi connectivity index (χ3v) is 3.50. The van der Waals surface area contributed by atoms with E-state index in [1.54, 1.807) is 29.6 Å². The van der Waals surface area contributed by atoms with E-state index in [-0.39, 0.29) is 17.2 Å². The Morgan fingerprint density at radius 2 is 1.77 bits per heavy atom. The van der Waals surface area contributed by atoms with Gasteiger partial charge in [0.05, 0.1) is 0 Å². The minimum Gasteiger partial charge on any atom is -0.453 e. The van der Waals surface area contributed by atoms with Crippen molar-refractivity contribution in [2.45, 2.75) is 6.18 Å². The molecular formula is C19H12F3NO3. The number of ketones is 1. The van der Waals surface area contributed by atoms with Gasteiger partial charge in [-0.1, -0.05) is 36.4 Å². The fourth-order valence-electron chi connectivity index (χ4n) is 2.28. The van der Waals surface area contributed by atoms with E-state index in [0.29, 0.717) is 11.1 Å². The van der Waals surface area contributed by atoms with Crippen molar-refractivity contribution in [3.05, 3.63) is 72.0 Å².